The van der Waals surface area contributed by atoms with Gasteiger partial charge in [0, 0.05) is 0 Å². The van der Waals surface area contributed by atoms with Crippen LogP contribution in [0.15, 0.2) is 46.8 Å². The summed E-state index contributed by atoms with van der Waals surface area (Å²) in [5.41, 5.74) is 1.13. The highest BCUT2D eigenvalue weighted by atomic mass is 35.5. The lowest BCUT2D eigenvalue weighted by atomic mass is 10.3. The Hall–Kier alpha value is -2.36. The monoisotopic (exact) mass is 438 g/mol. The van der Waals surface area contributed by atoms with Crippen LogP contribution in [-0.2, 0) is 4.79 Å². The number of carbonyl (C=O) groups is 1. The summed E-state index contributed by atoms with van der Waals surface area (Å²) in [5, 5.41) is 14.3. The second-order valence-corrected chi connectivity index (χ2v) is 8.54. The van der Waals surface area contributed by atoms with Crippen molar-refractivity contribution in [1.82, 2.24) is 10.2 Å². The molecule has 10 heteroatoms. The number of aromatic nitrogens is 2. The smallest absolute Gasteiger partial charge is 0.237 e. The number of carbonyl (C=O) groups excluding carboxylic acids is 1. The van der Waals surface area contributed by atoms with Gasteiger partial charge < -0.3 is 15.4 Å². The number of ether oxygens (including phenoxy) is 1. The van der Waals surface area contributed by atoms with Gasteiger partial charge in [0.05, 0.1) is 28.8 Å². The standard InChI is InChI=1S/C18H16ClFN4O2S2/c1-10(16(25)21-13-8-7-11(20)9-12(13)19)27-18-24-23-17(28-18)22-14-5-3-4-6-15(14)26-2/h3-10H,1-2H3,(H,21,25)(H,22,23). The van der Waals surface area contributed by atoms with Gasteiger partial charge >= 0.3 is 0 Å². The van der Waals surface area contributed by atoms with Crippen molar-refractivity contribution in [3.05, 3.63) is 53.3 Å². The minimum atomic E-state index is -0.464. The van der Waals surface area contributed by atoms with Crippen LogP contribution in [0.1, 0.15) is 6.92 Å². The average molecular weight is 439 g/mol. The quantitative estimate of drug-likeness (QED) is 0.493. The Morgan fingerprint density at radius 1 is 1.25 bits per heavy atom. The second-order valence-electron chi connectivity index (χ2n) is 5.57. The summed E-state index contributed by atoms with van der Waals surface area (Å²) in [6.07, 6.45) is 0. The van der Waals surface area contributed by atoms with Crippen LogP contribution < -0.4 is 15.4 Å². The second kappa shape index (κ2) is 9.22. The van der Waals surface area contributed by atoms with Crippen LogP contribution in [0.25, 0.3) is 0 Å². The maximum absolute atomic E-state index is 13.1. The zero-order chi connectivity index (χ0) is 20.1. The summed E-state index contributed by atoms with van der Waals surface area (Å²) in [7, 11) is 1.59. The van der Waals surface area contributed by atoms with E-state index < -0.39 is 11.1 Å². The van der Waals surface area contributed by atoms with Crippen LogP contribution >= 0.6 is 34.7 Å². The summed E-state index contributed by atoms with van der Waals surface area (Å²) in [6, 6.07) is 11.3. The van der Waals surface area contributed by atoms with E-state index >= 15 is 0 Å². The molecule has 2 aromatic carbocycles. The summed E-state index contributed by atoms with van der Waals surface area (Å²) in [6.45, 7) is 1.74. The van der Waals surface area contributed by atoms with Gasteiger partial charge in [-0.3, -0.25) is 4.79 Å². The van der Waals surface area contributed by atoms with Gasteiger partial charge in [-0.25, -0.2) is 4.39 Å². The minimum absolute atomic E-state index is 0.143. The molecule has 3 rings (SSSR count). The molecule has 0 saturated heterocycles. The SMILES string of the molecule is COc1ccccc1Nc1nnc(SC(C)C(=O)Nc2ccc(F)cc2Cl)s1. The fourth-order valence-corrected chi connectivity index (χ4v) is 4.32. The van der Waals surface area contributed by atoms with Crippen molar-refractivity contribution in [2.45, 2.75) is 16.5 Å². The molecule has 0 saturated carbocycles. The number of nitrogens with zero attached hydrogens (tertiary/aromatic N) is 2. The van der Waals surface area contributed by atoms with E-state index in [-0.39, 0.29) is 10.9 Å². The molecule has 0 aliphatic heterocycles. The van der Waals surface area contributed by atoms with Crippen molar-refractivity contribution >= 4 is 57.1 Å². The van der Waals surface area contributed by atoms with E-state index in [1.807, 2.05) is 24.3 Å². The Morgan fingerprint density at radius 3 is 2.79 bits per heavy atom. The predicted octanol–water partition coefficient (Wildman–Crippen LogP) is 5.20. The number of benzene rings is 2. The number of nitrogens with one attached hydrogen (secondary N) is 2. The number of anilines is 3. The van der Waals surface area contributed by atoms with Crippen molar-refractivity contribution in [3.63, 3.8) is 0 Å². The van der Waals surface area contributed by atoms with E-state index in [4.69, 9.17) is 16.3 Å². The van der Waals surface area contributed by atoms with E-state index in [9.17, 15) is 9.18 Å². The zero-order valence-electron chi connectivity index (χ0n) is 14.9. The maximum Gasteiger partial charge on any atom is 0.237 e. The molecule has 1 aromatic heterocycles. The van der Waals surface area contributed by atoms with Crippen molar-refractivity contribution in [3.8, 4) is 5.75 Å². The number of hydrogen-bond acceptors (Lipinski definition) is 7. The summed E-state index contributed by atoms with van der Waals surface area (Å²) in [5.74, 6) is -0.0434. The van der Waals surface area contributed by atoms with Crippen LogP contribution in [0.5, 0.6) is 5.75 Å². The normalized spacial score (nSPS) is 11.7. The molecule has 1 atom stereocenters. The molecule has 0 bridgehead atoms. The van der Waals surface area contributed by atoms with Gasteiger partial charge in [-0.2, -0.15) is 0 Å². The summed E-state index contributed by atoms with van der Waals surface area (Å²) < 4.78 is 19.0. The Morgan fingerprint density at radius 2 is 2.04 bits per heavy atom. The molecule has 3 aromatic rings. The van der Waals surface area contributed by atoms with Crippen molar-refractivity contribution in [1.29, 1.82) is 0 Å². The van der Waals surface area contributed by atoms with E-state index in [0.29, 0.717) is 20.9 Å². The molecule has 1 heterocycles. The third-order valence-corrected chi connectivity index (χ3v) is 5.93. The van der Waals surface area contributed by atoms with E-state index in [0.717, 1.165) is 11.8 Å². The van der Waals surface area contributed by atoms with Crippen LogP contribution in [0, 0.1) is 5.82 Å². The maximum atomic E-state index is 13.1. The molecule has 0 fully saturated rings. The number of methoxy groups -OCH3 is 1. The first kappa shape index (κ1) is 20.4. The molecule has 0 aliphatic carbocycles. The Bertz CT molecular complexity index is 986. The van der Waals surface area contributed by atoms with Crippen LogP contribution in [-0.4, -0.2) is 28.5 Å². The molecule has 146 valence electrons. The average Bonchev–Trinajstić information content (AvgIpc) is 3.11. The van der Waals surface area contributed by atoms with Gasteiger partial charge in [0.1, 0.15) is 11.6 Å². The molecule has 0 radical (unpaired) electrons. The first-order chi connectivity index (χ1) is 13.5. The Labute approximate surface area is 174 Å². The van der Waals surface area contributed by atoms with Gasteiger partial charge in [-0.15, -0.1) is 10.2 Å². The number of amides is 1. The van der Waals surface area contributed by atoms with E-state index in [1.54, 1.807) is 14.0 Å². The molecule has 6 nitrogen and oxygen atoms in total. The van der Waals surface area contributed by atoms with Crippen LogP contribution in [0.4, 0.5) is 20.9 Å². The van der Waals surface area contributed by atoms with Gasteiger partial charge in [-0.05, 0) is 37.3 Å². The molecular weight excluding hydrogens is 423 g/mol. The lowest BCUT2D eigenvalue weighted by Crippen LogP contribution is -2.22. The highest BCUT2D eigenvalue weighted by Gasteiger charge is 2.18. The minimum Gasteiger partial charge on any atom is -0.495 e. The molecule has 1 unspecified atom stereocenters. The molecular formula is C18H16ClFN4O2S2. The Kier molecular flexibility index (Phi) is 6.71. The molecule has 0 spiro atoms. The number of thioether (sulfide) groups is 1. The number of hydrogen-bond donors (Lipinski definition) is 2. The summed E-state index contributed by atoms with van der Waals surface area (Å²) in [4.78, 5) is 12.4. The van der Waals surface area contributed by atoms with Crippen LogP contribution in [0.2, 0.25) is 5.02 Å². The topological polar surface area (TPSA) is 76.1 Å². The van der Waals surface area contributed by atoms with Crippen LogP contribution in [0.3, 0.4) is 0 Å². The van der Waals surface area contributed by atoms with Crippen molar-refractivity contribution in [2.24, 2.45) is 0 Å². The largest absolute Gasteiger partial charge is 0.495 e. The fraction of sp³-hybridized carbons (Fsp3) is 0.167. The molecule has 0 aliphatic rings. The van der Waals surface area contributed by atoms with Gasteiger partial charge in [0.2, 0.25) is 11.0 Å². The fourth-order valence-electron chi connectivity index (χ4n) is 2.20. The first-order valence-corrected chi connectivity index (χ1v) is 10.2. The summed E-state index contributed by atoms with van der Waals surface area (Å²) >= 11 is 8.53. The molecule has 2 N–H and O–H groups in total. The zero-order valence-corrected chi connectivity index (χ0v) is 17.3. The molecule has 28 heavy (non-hydrogen) atoms. The number of para-hydroxylation sites is 2. The highest BCUT2D eigenvalue weighted by Crippen LogP contribution is 2.33. The van der Waals surface area contributed by atoms with Crippen molar-refractivity contribution in [2.75, 3.05) is 17.7 Å². The Balaban J connectivity index is 1.61. The lowest BCUT2D eigenvalue weighted by Gasteiger charge is -2.11. The third kappa shape index (κ3) is 5.12. The van der Waals surface area contributed by atoms with E-state index in [1.165, 1.54) is 35.2 Å². The lowest BCUT2D eigenvalue weighted by molar-refractivity contribution is -0.115. The van der Waals surface area contributed by atoms with Crippen molar-refractivity contribution < 1.29 is 13.9 Å². The molecule has 1 amide bonds. The predicted molar refractivity (Wildman–Crippen MR) is 112 cm³/mol. The number of halogens is 2. The van der Waals surface area contributed by atoms with Gasteiger partial charge in [0.15, 0.2) is 4.34 Å². The highest BCUT2D eigenvalue weighted by molar-refractivity contribution is 8.02. The van der Waals surface area contributed by atoms with Gasteiger partial charge in [-0.1, -0.05) is 46.8 Å². The third-order valence-electron chi connectivity index (χ3n) is 3.59. The first-order valence-electron chi connectivity index (χ1n) is 8.12. The number of rotatable bonds is 7. The van der Waals surface area contributed by atoms with Gasteiger partial charge in [0.25, 0.3) is 0 Å². The van der Waals surface area contributed by atoms with E-state index in [2.05, 4.69) is 20.8 Å².